The van der Waals surface area contributed by atoms with Crippen LogP contribution in [0, 0.1) is 20.8 Å². The molecule has 222 valence electrons. The molecule has 0 bridgehead atoms. The Hall–Kier alpha value is -3.59. The van der Waals surface area contributed by atoms with E-state index in [1.54, 1.807) is 33.4 Å². The van der Waals surface area contributed by atoms with Crippen LogP contribution in [0.5, 0.6) is 0 Å². The number of piperazine rings is 1. The van der Waals surface area contributed by atoms with Gasteiger partial charge in [0.15, 0.2) is 0 Å². The van der Waals surface area contributed by atoms with E-state index in [9.17, 15) is 14.4 Å². The van der Waals surface area contributed by atoms with Crippen molar-refractivity contribution in [3.8, 4) is 5.69 Å². The van der Waals surface area contributed by atoms with Crippen molar-refractivity contribution in [2.24, 2.45) is 0 Å². The highest BCUT2D eigenvalue weighted by Crippen LogP contribution is 2.49. The molecule has 5 rings (SSSR count). The summed E-state index contributed by atoms with van der Waals surface area (Å²) < 4.78 is 1.90. The summed E-state index contributed by atoms with van der Waals surface area (Å²) in [7, 11) is 0. The van der Waals surface area contributed by atoms with Crippen LogP contribution in [0.2, 0.25) is 0 Å². The number of carbonyl (C=O) groups is 3. The van der Waals surface area contributed by atoms with Gasteiger partial charge in [-0.15, -0.1) is 11.8 Å². The molecule has 0 N–H and O–H groups in total. The zero-order valence-electron chi connectivity index (χ0n) is 25.7. The number of nitrogens with zero attached hydrogens (tertiary/aromatic N) is 5. The Bertz CT molecular complexity index is 1530. The van der Waals surface area contributed by atoms with Crippen molar-refractivity contribution >= 4 is 35.3 Å². The number of rotatable bonds is 4. The van der Waals surface area contributed by atoms with Gasteiger partial charge in [-0.05, 0) is 43.5 Å². The fourth-order valence-corrected chi connectivity index (χ4v) is 7.21. The molecule has 1 atom stereocenters. The van der Waals surface area contributed by atoms with Crippen LogP contribution in [-0.2, 0) is 19.8 Å². The molecule has 1 saturated heterocycles. The lowest BCUT2D eigenvalue weighted by Gasteiger charge is -2.35. The van der Waals surface area contributed by atoms with E-state index >= 15 is 0 Å². The highest BCUT2D eigenvalue weighted by atomic mass is 32.2. The van der Waals surface area contributed by atoms with Gasteiger partial charge in [0, 0.05) is 44.1 Å². The summed E-state index contributed by atoms with van der Waals surface area (Å²) in [6, 6.07) is 14.6. The van der Waals surface area contributed by atoms with Gasteiger partial charge in [-0.2, -0.15) is 5.10 Å². The maximum absolute atomic E-state index is 14.0. The van der Waals surface area contributed by atoms with Gasteiger partial charge in [-0.25, -0.2) is 4.68 Å². The van der Waals surface area contributed by atoms with Crippen LogP contribution in [0.1, 0.15) is 66.5 Å². The average Bonchev–Trinajstić information content (AvgIpc) is 3.27. The van der Waals surface area contributed by atoms with Crippen LogP contribution in [0.15, 0.2) is 42.5 Å². The van der Waals surface area contributed by atoms with Gasteiger partial charge in [0.25, 0.3) is 0 Å². The number of benzene rings is 2. The molecule has 0 spiro atoms. The van der Waals surface area contributed by atoms with Crippen molar-refractivity contribution in [3.63, 3.8) is 0 Å². The Balaban J connectivity index is 1.68. The molecule has 0 aliphatic carbocycles. The first-order valence-electron chi connectivity index (χ1n) is 14.6. The predicted octanol–water partition coefficient (Wildman–Crippen LogP) is 4.95. The van der Waals surface area contributed by atoms with E-state index in [4.69, 9.17) is 5.10 Å². The number of amides is 3. The van der Waals surface area contributed by atoms with E-state index in [-0.39, 0.29) is 40.7 Å². The second kappa shape index (κ2) is 11.6. The number of fused-ring (bicyclic) bond motifs is 1. The van der Waals surface area contributed by atoms with Crippen LogP contribution in [0.3, 0.4) is 0 Å². The molecule has 1 unspecified atom stereocenters. The van der Waals surface area contributed by atoms with Crippen LogP contribution < -0.4 is 4.90 Å². The molecule has 3 aromatic rings. The Morgan fingerprint density at radius 2 is 1.62 bits per heavy atom. The number of aromatic nitrogens is 2. The van der Waals surface area contributed by atoms with E-state index < -0.39 is 0 Å². The smallest absolute Gasteiger partial charge is 0.242 e. The minimum absolute atomic E-state index is 0.0146. The molecular weight excluding hydrogens is 546 g/mol. The molecular formula is C33H41N5O3S. The summed E-state index contributed by atoms with van der Waals surface area (Å²) >= 11 is 1.60. The van der Waals surface area contributed by atoms with Gasteiger partial charge >= 0.3 is 0 Å². The Morgan fingerprint density at radius 1 is 0.952 bits per heavy atom. The molecule has 2 aromatic carbocycles. The number of hydrogen-bond acceptors (Lipinski definition) is 5. The van der Waals surface area contributed by atoms with E-state index in [0.29, 0.717) is 32.0 Å². The minimum atomic E-state index is -0.318. The van der Waals surface area contributed by atoms with Crippen molar-refractivity contribution in [2.75, 3.05) is 43.4 Å². The van der Waals surface area contributed by atoms with Crippen molar-refractivity contribution in [1.82, 2.24) is 19.6 Å². The second-order valence-electron chi connectivity index (χ2n) is 12.5. The number of hydrogen-bond donors (Lipinski definition) is 0. The quantitative estimate of drug-likeness (QED) is 0.432. The van der Waals surface area contributed by atoms with E-state index in [1.807, 2.05) is 16.8 Å². The van der Waals surface area contributed by atoms with E-state index in [1.165, 1.54) is 0 Å². The fraction of sp³-hybridized carbons (Fsp3) is 0.455. The molecule has 42 heavy (non-hydrogen) atoms. The van der Waals surface area contributed by atoms with Crippen LogP contribution >= 0.6 is 11.8 Å². The van der Waals surface area contributed by atoms with Crippen molar-refractivity contribution in [2.45, 2.75) is 59.1 Å². The first kappa shape index (κ1) is 29.9. The Morgan fingerprint density at radius 3 is 2.24 bits per heavy atom. The lowest BCUT2D eigenvalue weighted by atomic mass is 9.86. The summed E-state index contributed by atoms with van der Waals surface area (Å²) in [5.74, 6) is 0.698. The highest BCUT2D eigenvalue weighted by Gasteiger charge is 2.41. The van der Waals surface area contributed by atoms with E-state index in [0.717, 1.165) is 39.2 Å². The third kappa shape index (κ3) is 5.71. The molecule has 1 fully saturated rings. The topological polar surface area (TPSA) is 78.8 Å². The number of carbonyl (C=O) groups excluding carboxylic acids is 3. The molecule has 9 heteroatoms. The summed E-state index contributed by atoms with van der Waals surface area (Å²) in [4.78, 5) is 44.8. The average molecular weight is 588 g/mol. The van der Waals surface area contributed by atoms with Crippen molar-refractivity contribution in [1.29, 1.82) is 0 Å². The maximum atomic E-state index is 14.0. The maximum Gasteiger partial charge on any atom is 0.242 e. The normalized spacial score (nSPS) is 17.7. The monoisotopic (exact) mass is 587 g/mol. The third-order valence-corrected chi connectivity index (χ3v) is 9.46. The van der Waals surface area contributed by atoms with Crippen LogP contribution in [0.25, 0.3) is 5.69 Å². The molecule has 2 aliphatic rings. The second-order valence-corrected chi connectivity index (χ2v) is 13.5. The van der Waals surface area contributed by atoms with Gasteiger partial charge in [0.1, 0.15) is 12.4 Å². The Kier molecular flexibility index (Phi) is 8.25. The molecule has 8 nitrogen and oxygen atoms in total. The summed E-state index contributed by atoms with van der Waals surface area (Å²) in [6.07, 6.45) is 0. The van der Waals surface area contributed by atoms with E-state index in [2.05, 4.69) is 71.9 Å². The summed E-state index contributed by atoms with van der Waals surface area (Å²) in [6.45, 7) is 16.1. The van der Waals surface area contributed by atoms with Gasteiger partial charge in [0.05, 0.1) is 22.4 Å². The summed E-state index contributed by atoms with van der Waals surface area (Å²) in [5, 5.41) is 5.12. The van der Waals surface area contributed by atoms with Crippen LogP contribution in [0.4, 0.5) is 5.82 Å². The zero-order valence-corrected chi connectivity index (χ0v) is 26.5. The van der Waals surface area contributed by atoms with Gasteiger partial charge < -0.3 is 9.80 Å². The third-order valence-electron chi connectivity index (χ3n) is 8.22. The first-order valence-corrected chi connectivity index (χ1v) is 15.6. The highest BCUT2D eigenvalue weighted by molar-refractivity contribution is 8.00. The summed E-state index contributed by atoms with van der Waals surface area (Å²) in [5.41, 5.74) is 6.97. The molecule has 0 saturated carbocycles. The van der Waals surface area contributed by atoms with Crippen LogP contribution in [-0.4, -0.2) is 75.8 Å². The Labute approximate surface area is 253 Å². The molecule has 3 amide bonds. The SMILES string of the molecule is CC(=O)N1CCN(C(=O)CN2C(=O)CSC(c3ccccc3C)c3c(C(C)(C)C)nn(-c4ccc(C)cc4C)c32)CC1. The lowest BCUT2D eigenvalue weighted by molar-refractivity contribution is -0.137. The first-order chi connectivity index (χ1) is 19.9. The number of thioether (sulfide) groups is 1. The minimum Gasteiger partial charge on any atom is -0.339 e. The fourth-order valence-electron chi connectivity index (χ4n) is 5.92. The zero-order chi connectivity index (χ0) is 30.3. The molecule has 1 aromatic heterocycles. The predicted molar refractivity (Wildman–Crippen MR) is 168 cm³/mol. The van der Waals surface area contributed by atoms with Gasteiger partial charge in [0.2, 0.25) is 17.7 Å². The molecule has 2 aliphatic heterocycles. The largest absolute Gasteiger partial charge is 0.339 e. The van der Waals surface area contributed by atoms with Crippen molar-refractivity contribution < 1.29 is 14.4 Å². The van der Waals surface area contributed by atoms with Gasteiger partial charge in [-0.1, -0.05) is 62.7 Å². The lowest BCUT2D eigenvalue weighted by Crippen LogP contribution is -2.53. The number of aryl methyl sites for hydroxylation is 3. The number of anilines is 1. The standard InChI is InChI=1S/C33H41N5O3S/c1-21-12-13-26(23(3)18-21)38-32-29(31(34-38)33(5,6)7)30(25-11-9-8-10-22(25)2)42-20-28(41)37(32)19-27(40)36-16-14-35(15-17-36)24(4)39/h8-13,18,30H,14-17,19-20H2,1-7H3. The molecule has 0 radical (unpaired) electrons. The van der Waals surface area contributed by atoms with Crippen molar-refractivity contribution in [3.05, 3.63) is 76.0 Å². The molecule has 3 heterocycles. The van der Waals surface area contributed by atoms with Gasteiger partial charge in [-0.3, -0.25) is 19.3 Å².